The highest BCUT2D eigenvalue weighted by Gasteiger charge is 2.55. The van der Waals surface area contributed by atoms with Gasteiger partial charge in [0.2, 0.25) is 5.88 Å². The highest BCUT2D eigenvalue weighted by molar-refractivity contribution is 6.22. The molecule has 1 aromatic heterocycles. The highest BCUT2D eigenvalue weighted by Crippen LogP contribution is 2.39. The molecule has 0 aromatic carbocycles. The van der Waals surface area contributed by atoms with E-state index in [4.69, 9.17) is 4.74 Å². The Labute approximate surface area is 116 Å². The van der Waals surface area contributed by atoms with E-state index in [2.05, 4.69) is 22.4 Å². The molecule has 1 saturated heterocycles. The molecule has 0 radical (unpaired) electrons. The maximum absolute atomic E-state index is 12.6. The highest BCUT2D eigenvalue weighted by atomic mass is 16.5. The number of rotatable bonds is 2. The number of amides is 3. The summed E-state index contributed by atoms with van der Waals surface area (Å²) in [6.45, 7) is 2.09. The zero-order valence-electron chi connectivity index (χ0n) is 11.4. The molecule has 2 heterocycles. The van der Waals surface area contributed by atoms with E-state index in [1.54, 1.807) is 12.1 Å². The van der Waals surface area contributed by atoms with E-state index in [9.17, 15) is 9.59 Å². The predicted octanol–water partition coefficient (Wildman–Crippen LogP) is 1.10. The predicted molar refractivity (Wildman–Crippen MR) is 70.3 cm³/mol. The van der Waals surface area contributed by atoms with Crippen LogP contribution in [0, 0.1) is 5.92 Å². The average Bonchev–Trinajstić information content (AvgIpc) is 2.92. The lowest BCUT2D eigenvalue weighted by Crippen LogP contribution is -2.44. The van der Waals surface area contributed by atoms with Gasteiger partial charge in [-0.05, 0) is 31.2 Å². The van der Waals surface area contributed by atoms with Gasteiger partial charge in [0.05, 0.1) is 7.11 Å². The maximum Gasteiger partial charge on any atom is 0.330 e. The normalized spacial score (nSPS) is 29.1. The Hall–Kier alpha value is -2.18. The monoisotopic (exact) mass is 276 g/mol. The molecule has 1 aliphatic carbocycles. The number of imide groups is 1. The fourth-order valence-electron chi connectivity index (χ4n) is 2.97. The number of ether oxygens (including phenoxy) is 1. The molecule has 1 N–H and O–H groups in total. The Kier molecular flexibility index (Phi) is 2.84. The molecule has 1 spiro atoms. The van der Waals surface area contributed by atoms with Gasteiger partial charge in [-0.1, -0.05) is 6.92 Å². The van der Waals surface area contributed by atoms with Crippen molar-refractivity contribution in [2.45, 2.75) is 31.7 Å². The van der Waals surface area contributed by atoms with Gasteiger partial charge >= 0.3 is 6.03 Å². The van der Waals surface area contributed by atoms with Crippen molar-refractivity contribution in [1.29, 1.82) is 0 Å². The summed E-state index contributed by atoms with van der Waals surface area (Å²) >= 11 is 0. The lowest BCUT2D eigenvalue weighted by Gasteiger charge is -2.20. The van der Waals surface area contributed by atoms with E-state index < -0.39 is 11.6 Å². The molecule has 2 aliphatic rings. The molecule has 3 rings (SSSR count). The van der Waals surface area contributed by atoms with Crippen LogP contribution in [-0.2, 0) is 4.79 Å². The molecule has 2 unspecified atom stereocenters. The molecule has 7 nitrogen and oxygen atoms in total. The Morgan fingerprint density at radius 3 is 2.75 bits per heavy atom. The second-order valence-corrected chi connectivity index (χ2v) is 5.43. The van der Waals surface area contributed by atoms with Crippen molar-refractivity contribution < 1.29 is 14.3 Å². The number of nitrogens with zero attached hydrogens (tertiary/aromatic N) is 3. The second kappa shape index (κ2) is 4.43. The topological polar surface area (TPSA) is 84.4 Å². The Bertz CT molecular complexity index is 559. The fraction of sp³-hybridized carbons (Fsp3) is 0.538. The van der Waals surface area contributed by atoms with Crippen LogP contribution in [0.1, 0.15) is 26.2 Å². The Balaban J connectivity index is 1.90. The number of hydrogen-bond acceptors (Lipinski definition) is 5. The van der Waals surface area contributed by atoms with Gasteiger partial charge < -0.3 is 10.1 Å². The second-order valence-electron chi connectivity index (χ2n) is 5.43. The maximum atomic E-state index is 12.6. The smallest absolute Gasteiger partial charge is 0.330 e. The van der Waals surface area contributed by atoms with E-state index in [-0.39, 0.29) is 11.7 Å². The van der Waals surface area contributed by atoms with Crippen LogP contribution < -0.4 is 15.0 Å². The molecule has 20 heavy (non-hydrogen) atoms. The van der Waals surface area contributed by atoms with Gasteiger partial charge in [0.25, 0.3) is 5.91 Å². The van der Waals surface area contributed by atoms with Crippen molar-refractivity contribution in [1.82, 2.24) is 15.5 Å². The van der Waals surface area contributed by atoms with Crippen molar-refractivity contribution in [2.75, 3.05) is 12.0 Å². The summed E-state index contributed by atoms with van der Waals surface area (Å²) in [5.41, 5.74) is -0.752. The molecular formula is C13H16N4O3. The third-order valence-electron chi connectivity index (χ3n) is 3.99. The third kappa shape index (κ3) is 1.81. The quantitative estimate of drug-likeness (QED) is 0.818. The first-order valence-electron chi connectivity index (χ1n) is 6.60. The molecule has 1 aromatic rings. The van der Waals surface area contributed by atoms with Gasteiger partial charge in [0.1, 0.15) is 5.54 Å². The first kappa shape index (κ1) is 12.8. The number of anilines is 1. The minimum absolute atomic E-state index is 0.227. The van der Waals surface area contributed by atoms with Crippen LogP contribution in [0.25, 0.3) is 0 Å². The Morgan fingerprint density at radius 1 is 1.40 bits per heavy atom. The average molecular weight is 276 g/mol. The van der Waals surface area contributed by atoms with Crippen LogP contribution >= 0.6 is 0 Å². The molecule has 0 bridgehead atoms. The number of aromatic nitrogens is 2. The number of hydrogen-bond donors (Lipinski definition) is 1. The fourth-order valence-corrected chi connectivity index (χ4v) is 2.97. The Morgan fingerprint density at radius 2 is 2.20 bits per heavy atom. The minimum atomic E-state index is -0.752. The van der Waals surface area contributed by atoms with Crippen LogP contribution in [0.5, 0.6) is 5.88 Å². The number of urea groups is 1. The first-order chi connectivity index (χ1) is 9.55. The lowest BCUT2D eigenvalue weighted by atomic mass is 9.96. The summed E-state index contributed by atoms with van der Waals surface area (Å²) < 4.78 is 4.92. The number of carbonyl (C=O) groups excluding carboxylic acids is 2. The molecule has 7 heteroatoms. The van der Waals surface area contributed by atoms with Gasteiger partial charge in [-0.15, -0.1) is 10.2 Å². The van der Waals surface area contributed by atoms with Crippen molar-refractivity contribution in [3.63, 3.8) is 0 Å². The number of methoxy groups -OCH3 is 1. The summed E-state index contributed by atoms with van der Waals surface area (Å²) in [5.74, 6) is 0.766. The largest absolute Gasteiger partial charge is 0.480 e. The van der Waals surface area contributed by atoms with Crippen molar-refractivity contribution in [3.05, 3.63) is 12.1 Å². The molecule has 1 aliphatic heterocycles. The minimum Gasteiger partial charge on any atom is -0.480 e. The van der Waals surface area contributed by atoms with Gasteiger partial charge in [0, 0.05) is 6.07 Å². The van der Waals surface area contributed by atoms with Gasteiger partial charge in [-0.3, -0.25) is 4.79 Å². The SMILES string of the molecule is COc1ccc(N2C(=O)NC3(CCC(C)C3)C2=O)nn1. The van der Waals surface area contributed by atoms with Crippen LogP contribution in [-0.4, -0.2) is 34.8 Å². The van der Waals surface area contributed by atoms with Crippen LogP contribution in [0.4, 0.5) is 10.6 Å². The molecule has 2 atom stereocenters. The zero-order valence-corrected chi connectivity index (χ0v) is 11.4. The number of carbonyl (C=O) groups is 2. The third-order valence-corrected chi connectivity index (χ3v) is 3.99. The first-order valence-corrected chi connectivity index (χ1v) is 6.60. The summed E-state index contributed by atoms with van der Waals surface area (Å²) in [7, 11) is 1.48. The molecular weight excluding hydrogens is 260 g/mol. The summed E-state index contributed by atoms with van der Waals surface area (Å²) in [6, 6.07) is 2.70. The molecule has 2 fully saturated rings. The summed E-state index contributed by atoms with van der Waals surface area (Å²) in [5, 5.41) is 10.5. The summed E-state index contributed by atoms with van der Waals surface area (Å²) in [4.78, 5) is 25.8. The van der Waals surface area contributed by atoms with E-state index in [1.807, 2.05) is 0 Å². The molecule has 1 saturated carbocycles. The van der Waals surface area contributed by atoms with Crippen LogP contribution in [0.15, 0.2) is 12.1 Å². The van der Waals surface area contributed by atoms with Crippen molar-refractivity contribution >= 4 is 17.8 Å². The lowest BCUT2D eigenvalue weighted by molar-refractivity contribution is -0.122. The van der Waals surface area contributed by atoms with E-state index in [0.29, 0.717) is 24.6 Å². The zero-order chi connectivity index (χ0) is 14.3. The molecule has 106 valence electrons. The van der Waals surface area contributed by atoms with Gasteiger partial charge in [-0.25, -0.2) is 9.69 Å². The van der Waals surface area contributed by atoms with Gasteiger partial charge in [-0.2, -0.15) is 0 Å². The van der Waals surface area contributed by atoms with Crippen molar-refractivity contribution in [2.24, 2.45) is 5.92 Å². The summed E-state index contributed by atoms with van der Waals surface area (Å²) in [6.07, 6.45) is 2.30. The van der Waals surface area contributed by atoms with Crippen LogP contribution in [0.3, 0.4) is 0 Å². The van der Waals surface area contributed by atoms with E-state index >= 15 is 0 Å². The van der Waals surface area contributed by atoms with Gasteiger partial charge in [0.15, 0.2) is 5.82 Å². The standard InChI is InChI=1S/C13H16N4O3/c1-8-5-6-13(7-8)11(18)17(12(19)14-13)9-3-4-10(20-2)16-15-9/h3-4,8H,5-7H2,1-2H3,(H,14,19). The molecule has 3 amide bonds. The van der Waals surface area contributed by atoms with E-state index in [1.165, 1.54) is 7.11 Å². The van der Waals surface area contributed by atoms with Crippen LogP contribution in [0.2, 0.25) is 0 Å². The van der Waals surface area contributed by atoms with E-state index in [0.717, 1.165) is 11.3 Å². The van der Waals surface area contributed by atoms with Crippen molar-refractivity contribution in [3.8, 4) is 5.88 Å². The number of nitrogens with one attached hydrogen (secondary N) is 1.